The fourth-order valence-corrected chi connectivity index (χ4v) is 4.38. The highest BCUT2D eigenvalue weighted by molar-refractivity contribution is 6.30. The van der Waals surface area contributed by atoms with Crippen LogP contribution in [0.5, 0.6) is 5.75 Å². The standard InChI is InChI=1S/C24H32ClN5O2/c1-18-10-12-28(13-11-18)21-8-9-22(27-26-21)29-14-16-30(17-15-29)23(31)24(2,3)32-20-6-4-19(25)5-7-20/h4-9,18H,10-17H2,1-3H3. The summed E-state index contributed by atoms with van der Waals surface area (Å²) in [6.07, 6.45) is 2.41. The van der Waals surface area contributed by atoms with Crippen LogP contribution < -0.4 is 14.5 Å². The van der Waals surface area contributed by atoms with Gasteiger partial charge in [0.15, 0.2) is 17.2 Å². The number of rotatable bonds is 5. The molecule has 172 valence electrons. The van der Waals surface area contributed by atoms with Crippen LogP contribution in [-0.4, -0.2) is 65.9 Å². The Kier molecular flexibility index (Phi) is 6.74. The third-order valence-electron chi connectivity index (χ3n) is 6.34. The molecule has 1 aromatic heterocycles. The molecule has 2 aromatic rings. The zero-order chi connectivity index (χ0) is 22.7. The molecular weight excluding hydrogens is 426 g/mol. The van der Waals surface area contributed by atoms with Gasteiger partial charge in [-0.1, -0.05) is 18.5 Å². The number of piperazine rings is 1. The number of benzene rings is 1. The molecule has 2 aliphatic rings. The van der Waals surface area contributed by atoms with Crippen molar-refractivity contribution >= 4 is 29.1 Å². The van der Waals surface area contributed by atoms with Gasteiger partial charge in [0.1, 0.15) is 5.75 Å². The van der Waals surface area contributed by atoms with E-state index in [4.69, 9.17) is 16.3 Å². The van der Waals surface area contributed by atoms with Crippen LogP contribution in [-0.2, 0) is 4.79 Å². The van der Waals surface area contributed by atoms with Crippen LogP contribution in [0.4, 0.5) is 11.6 Å². The molecule has 2 aliphatic heterocycles. The first kappa shape index (κ1) is 22.6. The summed E-state index contributed by atoms with van der Waals surface area (Å²) in [5.74, 6) is 3.22. The second-order valence-corrected chi connectivity index (χ2v) is 9.70. The molecule has 0 bridgehead atoms. The topological polar surface area (TPSA) is 61.8 Å². The third-order valence-corrected chi connectivity index (χ3v) is 6.59. The van der Waals surface area contributed by atoms with Crippen molar-refractivity contribution in [2.45, 2.75) is 39.2 Å². The van der Waals surface area contributed by atoms with Gasteiger partial charge in [-0.15, -0.1) is 10.2 Å². The number of carbonyl (C=O) groups is 1. The van der Waals surface area contributed by atoms with E-state index >= 15 is 0 Å². The fraction of sp³-hybridized carbons (Fsp3) is 0.542. The van der Waals surface area contributed by atoms with E-state index in [1.807, 2.05) is 24.8 Å². The van der Waals surface area contributed by atoms with E-state index in [2.05, 4.69) is 33.0 Å². The molecule has 0 unspecified atom stereocenters. The summed E-state index contributed by atoms with van der Waals surface area (Å²) in [7, 11) is 0. The molecule has 0 saturated carbocycles. The highest BCUT2D eigenvalue weighted by Gasteiger charge is 2.36. The summed E-state index contributed by atoms with van der Waals surface area (Å²) in [6, 6.07) is 11.2. The summed E-state index contributed by atoms with van der Waals surface area (Å²) in [6.45, 7) is 10.7. The number of ether oxygens (including phenoxy) is 1. The van der Waals surface area contributed by atoms with Crippen LogP contribution in [0.2, 0.25) is 5.02 Å². The first-order chi connectivity index (χ1) is 15.3. The molecule has 3 heterocycles. The minimum absolute atomic E-state index is 0.0205. The van der Waals surface area contributed by atoms with Gasteiger partial charge in [0.25, 0.3) is 5.91 Å². The van der Waals surface area contributed by atoms with Crippen LogP contribution in [0, 0.1) is 5.92 Å². The predicted octanol–water partition coefficient (Wildman–Crippen LogP) is 3.87. The molecule has 0 radical (unpaired) electrons. The van der Waals surface area contributed by atoms with Crippen molar-refractivity contribution < 1.29 is 9.53 Å². The molecule has 8 heteroatoms. The van der Waals surface area contributed by atoms with Crippen LogP contribution in [0.15, 0.2) is 36.4 Å². The van der Waals surface area contributed by atoms with E-state index in [0.717, 1.165) is 43.7 Å². The summed E-state index contributed by atoms with van der Waals surface area (Å²) < 4.78 is 5.97. The molecule has 0 atom stereocenters. The van der Waals surface area contributed by atoms with Crippen LogP contribution in [0.1, 0.15) is 33.6 Å². The third kappa shape index (κ3) is 5.26. The van der Waals surface area contributed by atoms with Crippen molar-refractivity contribution in [3.8, 4) is 5.75 Å². The van der Waals surface area contributed by atoms with Crippen molar-refractivity contribution in [2.75, 3.05) is 49.1 Å². The molecule has 0 aliphatic carbocycles. The Morgan fingerprint density at radius 1 is 0.906 bits per heavy atom. The van der Waals surface area contributed by atoms with Crippen molar-refractivity contribution in [3.63, 3.8) is 0 Å². The maximum atomic E-state index is 13.1. The van der Waals surface area contributed by atoms with Crippen molar-refractivity contribution in [3.05, 3.63) is 41.4 Å². The first-order valence-corrected chi connectivity index (χ1v) is 11.8. The molecule has 2 saturated heterocycles. The minimum Gasteiger partial charge on any atom is -0.478 e. The van der Waals surface area contributed by atoms with Gasteiger partial charge >= 0.3 is 0 Å². The smallest absolute Gasteiger partial charge is 0.266 e. The highest BCUT2D eigenvalue weighted by Crippen LogP contribution is 2.25. The van der Waals surface area contributed by atoms with Crippen LogP contribution >= 0.6 is 11.6 Å². The van der Waals surface area contributed by atoms with Gasteiger partial charge in [0.2, 0.25) is 0 Å². The average molecular weight is 458 g/mol. The second-order valence-electron chi connectivity index (χ2n) is 9.26. The number of hydrogen-bond donors (Lipinski definition) is 0. The lowest BCUT2D eigenvalue weighted by Crippen LogP contribution is -2.56. The Morgan fingerprint density at radius 3 is 1.97 bits per heavy atom. The number of anilines is 2. The Hall–Kier alpha value is -2.54. The van der Waals surface area contributed by atoms with Gasteiger partial charge in [0.05, 0.1) is 0 Å². The van der Waals surface area contributed by atoms with E-state index in [9.17, 15) is 4.79 Å². The number of halogens is 1. The highest BCUT2D eigenvalue weighted by atomic mass is 35.5. The van der Waals surface area contributed by atoms with Gasteiger partial charge in [-0.05, 0) is 69.0 Å². The largest absolute Gasteiger partial charge is 0.478 e. The zero-order valence-corrected chi connectivity index (χ0v) is 19.9. The van der Waals surface area contributed by atoms with E-state index in [-0.39, 0.29) is 5.91 Å². The summed E-state index contributed by atoms with van der Waals surface area (Å²) in [5, 5.41) is 9.59. The Bertz CT molecular complexity index is 903. The van der Waals surface area contributed by atoms with Gasteiger partial charge in [-0.25, -0.2) is 0 Å². The summed E-state index contributed by atoms with van der Waals surface area (Å²) in [5.41, 5.74) is -0.955. The van der Waals surface area contributed by atoms with E-state index in [0.29, 0.717) is 23.9 Å². The Balaban J connectivity index is 1.31. The molecular formula is C24H32ClN5O2. The van der Waals surface area contributed by atoms with Crippen molar-refractivity contribution in [1.82, 2.24) is 15.1 Å². The molecule has 0 N–H and O–H groups in total. The van der Waals surface area contributed by atoms with E-state index in [1.54, 1.807) is 24.3 Å². The Labute approximate surface area is 195 Å². The molecule has 7 nitrogen and oxygen atoms in total. The number of carbonyl (C=O) groups excluding carboxylic acids is 1. The van der Waals surface area contributed by atoms with Gasteiger partial charge in [0, 0.05) is 44.3 Å². The maximum Gasteiger partial charge on any atom is 0.266 e. The lowest BCUT2D eigenvalue weighted by atomic mass is 9.99. The normalized spacial score (nSPS) is 18.1. The second kappa shape index (κ2) is 9.53. The maximum absolute atomic E-state index is 13.1. The molecule has 32 heavy (non-hydrogen) atoms. The average Bonchev–Trinajstić information content (AvgIpc) is 2.81. The van der Waals surface area contributed by atoms with E-state index < -0.39 is 5.60 Å². The number of aromatic nitrogens is 2. The molecule has 2 fully saturated rings. The molecule has 1 amide bonds. The zero-order valence-electron chi connectivity index (χ0n) is 19.1. The SMILES string of the molecule is CC1CCN(c2ccc(N3CCN(C(=O)C(C)(C)Oc4ccc(Cl)cc4)CC3)nn2)CC1. The minimum atomic E-state index is -0.955. The fourth-order valence-electron chi connectivity index (χ4n) is 4.25. The van der Waals surface area contributed by atoms with Gasteiger partial charge < -0.3 is 19.4 Å². The number of hydrogen-bond acceptors (Lipinski definition) is 6. The molecule has 4 rings (SSSR count). The van der Waals surface area contributed by atoms with Crippen LogP contribution in [0.3, 0.4) is 0 Å². The Morgan fingerprint density at radius 2 is 1.44 bits per heavy atom. The van der Waals surface area contributed by atoms with Crippen molar-refractivity contribution in [2.24, 2.45) is 5.92 Å². The lowest BCUT2D eigenvalue weighted by Gasteiger charge is -2.39. The quantitative estimate of drug-likeness (QED) is 0.679. The van der Waals surface area contributed by atoms with Crippen molar-refractivity contribution in [1.29, 1.82) is 0 Å². The van der Waals surface area contributed by atoms with Gasteiger partial charge in [-0.3, -0.25) is 4.79 Å². The number of amides is 1. The van der Waals surface area contributed by atoms with E-state index in [1.165, 1.54) is 12.8 Å². The molecule has 1 aromatic carbocycles. The predicted molar refractivity (Wildman–Crippen MR) is 128 cm³/mol. The van der Waals surface area contributed by atoms with Crippen LogP contribution in [0.25, 0.3) is 0 Å². The van der Waals surface area contributed by atoms with Gasteiger partial charge in [-0.2, -0.15) is 0 Å². The lowest BCUT2D eigenvalue weighted by molar-refractivity contribution is -0.145. The number of nitrogens with zero attached hydrogens (tertiary/aromatic N) is 5. The number of piperidine rings is 1. The summed E-state index contributed by atoms with van der Waals surface area (Å²) >= 11 is 5.94. The molecule has 0 spiro atoms. The monoisotopic (exact) mass is 457 g/mol. The summed E-state index contributed by atoms with van der Waals surface area (Å²) in [4.78, 5) is 19.5. The first-order valence-electron chi connectivity index (χ1n) is 11.4.